The van der Waals surface area contributed by atoms with E-state index in [1.807, 2.05) is 24.3 Å². The maximum Gasteiger partial charge on any atom is 0.413 e. The number of methoxy groups -OCH3 is 1. The number of rotatable bonds is 1. The average Bonchev–Trinajstić information content (AvgIpc) is 2.80. The molecule has 1 heterocycles. The molecule has 0 atom stereocenters. The van der Waals surface area contributed by atoms with Crippen molar-refractivity contribution >= 4 is 45.7 Å². The quantitative estimate of drug-likeness (QED) is 0.469. The van der Waals surface area contributed by atoms with Crippen molar-refractivity contribution in [2.45, 2.75) is 0 Å². The van der Waals surface area contributed by atoms with Crippen molar-refractivity contribution in [1.29, 1.82) is 0 Å². The minimum absolute atomic E-state index is 0.387. The summed E-state index contributed by atoms with van der Waals surface area (Å²) in [4.78, 5) is 17.9. The Kier molecular flexibility index (Phi) is 6.00. The molecule has 0 aliphatic rings. The molecule has 1 amide bonds. The first kappa shape index (κ1) is 14.3. The normalized spacial score (nSPS) is 8.94. The number of benzene rings is 1. The van der Waals surface area contributed by atoms with E-state index in [1.165, 1.54) is 7.11 Å². The Hall–Kier alpha value is -1.75. The Morgan fingerprint density at radius 2 is 2.28 bits per heavy atom. The van der Waals surface area contributed by atoms with E-state index in [-0.39, 0.29) is 0 Å². The molecule has 0 spiro atoms. The number of carbonyl (C=O) groups excluding carboxylic acids is 1. The van der Waals surface area contributed by atoms with E-state index < -0.39 is 6.09 Å². The number of imidazole rings is 1. The Morgan fingerprint density at radius 1 is 1.61 bits per heavy atom. The summed E-state index contributed by atoms with van der Waals surface area (Å²) < 4.78 is 5.26. The molecule has 18 heavy (non-hydrogen) atoms. The molecular weight excluding hydrogens is 345 g/mol. The van der Waals surface area contributed by atoms with Crippen LogP contribution in [0.25, 0.3) is 11.0 Å². The summed E-state index contributed by atoms with van der Waals surface area (Å²) in [5, 5.41) is 2.45. The zero-order valence-corrected chi connectivity index (χ0v) is 11.9. The molecule has 0 aliphatic heterocycles. The lowest BCUT2D eigenvalue weighted by molar-refractivity contribution is 0.186. The number of halogens is 1. The molecule has 2 aromatic rings. The van der Waals surface area contributed by atoms with E-state index >= 15 is 0 Å². The molecule has 0 saturated heterocycles. The highest BCUT2D eigenvalue weighted by Gasteiger charge is 2.04. The molecule has 1 aromatic carbocycles. The third-order valence-corrected chi connectivity index (χ3v) is 2.31. The summed E-state index contributed by atoms with van der Waals surface area (Å²) in [7, 11) is 1.30. The highest BCUT2D eigenvalue weighted by molar-refractivity contribution is 14.1. The van der Waals surface area contributed by atoms with Gasteiger partial charge in [-0.15, -0.1) is 6.42 Å². The maximum absolute atomic E-state index is 10.9. The van der Waals surface area contributed by atoms with Gasteiger partial charge >= 0.3 is 6.09 Å². The van der Waals surface area contributed by atoms with E-state index in [4.69, 9.17) is 6.42 Å². The van der Waals surface area contributed by atoms with Crippen LogP contribution in [0, 0.1) is 12.3 Å². The summed E-state index contributed by atoms with van der Waals surface area (Å²) >= 11 is 2.12. The van der Waals surface area contributed by atoms with Crippen LogP contribution in [-0.4, -0.2) is 27.6 Å². The Labute approximate surface area is 118 Å². The number of aromatic nitrogens is 2. The van der Waals surface area contributed by atoms with Crippen LogP contribution in [0.2, 0.25) is 0 Å². The van der Waals surface area contributed by atoms with E-state index in [0.717, 1.165) is 15.5 Å². The summed E-state index contributed by atoms with van der Waals surface area (Å²) in [6.45, 7) is 0. The summed E-state index contributed by atoms with van der Waals surface area (Å²) in [6.07, 6.45) is 4.23. The number of carbonyl (C=O) groups is 1. The van der Waals surface area contributed by atoms with Crippen molar-refractivity contribution in [3.63, 3.8) is 0 Å². The van der Waals surface area contributed by atoms with Crippen LogP contribution in [0.1, 0.15) is 0 Å². The molecule has 2 N–H and O–H groups in total. The number of H-pyrrole nitrogens is 1. The summed E-state index contributed by atoms with van der Waals surface area (Å²) in [5.41, 5.74) is 1.68. The van der Waals surface area contributed by atoms with Crippen LogP contribution in [0.15, 0.2) is 24.3 Å². The van der Waals surface area contributed by atoms with Crippen LogP contribution in [-0.2, 0) is 4.74 Å². The lowest BCUT2D eigenvalue weighted by Crippen LogP contribution is -2.11. The van der Waals surface area contributed by atoms with Gasteiger partial charge in [0, 0.05) is 0 Å². The van der Waals surface area contributed by atoms with Gasteiger partial charge in [-0.25, -0.2) is 9.78 Å². The van der Waals surface area contributed by atoms with Crippen molar-refractivity contribution in [1.82, 2.24) is 9.97 Å². The van der Waals surface area contributed by atoms with Gasteiger partial charge in [0.25, 0.3) is 0 Å². The van der Waals surface area contributed by atoms with Crippen molar-refractivity contribution < 1.29 is 9.53 Å². The monoisotopic (exact) mass is 357 g/mol. The summed E-state index contributed by atoms with van der Waals surface area (Å²) in [5.74, 6) is 2.80. The Balaban J connectivity index is 0.000000357. The van der Waals surface area contributed by atoms with E-state index in [9.17, 15) is 4.79 Å². The highest BCUT2D eigenvalue weighted by Crippen LogP contribution is 2.12. The predicted octanol–water partition coefficient (Wildman–Crippen LogP) is 2.80. The zero-order valence-electron chi connectivity index (χ0n) is 9.74. The van der Waals surface area contributed by atoms with Gasteiger partial charge in [0.2, 0.25) is 5.95 Å². The molecule has 0 aliphatic carbocycles. The fourth-order valence-electron chi connectivity index (χ4n) is 1.16. The standard InChI is InChI=1S/C9H9N3O2.C3H3I/c1-14-9(13)12-8-10-6-4-2-3-5-7(6)11-8;1-2-3-4/h2-5H,1H3,(H2,10,11,12,13);1H,3H2. The molecule has 94 valence electrons. The number of anilines is 1. The molecule has 0 unspecified atom stereocenters. The van der Waals surface area contributed by atoms with Crippen LogP contribution in [0.5, 0.6) is 0 Å². The van der Waals surface area contributed by atoms with Crippen LogP contribution < -0.4 is 5.32 Å². The van der Waals surface area contributed by atoms with Gasteiger partial charge in [0.1, 0.15) is 0 Å². The van der Waals surface area contributed by atoms with Gasteiger partial charge in [-0.05, 0) is 12.1 Å². The second-order valence-corrected chi connectivity index (χ2v) is 3.82. The lowest BCUT2D eigenvalue weighted by atomic mass is 10.3. The number of amides is 1. The number of ether oxygens (including phenoxy) is 1. The lowest BCUT2D eigenvalue weighted by Gasteiger charge is -1.96. The molecule has 0 saturated carbocycles. The fourth-order valence-corrected chi connectivity index (χ4v) is 1.16. The van der Waals surface area contributed by atoms with Crippen molar-refractivity contribution in [3.8, 4) is 12.3 Å². The van der Waals surface area contributed by atoms with Gasteiger partial charge < -0.3 is 9.72 Å². The first-order chi connectivity index (χ1) is 8.71. The van der Waals surface area contributed by atoms with Crippen LogP contribution >= 0.6 is 22.6 Å². The molecule has 2 rings (SSSR count). The number of nitrogens with one attached hydrogen (secondary N) is 2. The second kappa shape index (κ2) is 7.55. The van der Waals surface area contributed by atoms with Crippen molar-refractivity contribution in [3.05, 3.63) is 24.3 Å². The van der Waals surface area contributed by atoms with E-state index in [2.05, 4.69) is 48.5 Å². The number of aromatic amines is 1. The van der Waals surface area contributed by atoms with Gasteiger partial charge in [-0.2, -0.15) is 0 Å². The van der Waals surface area contributed by atoms with Gasteiger partial charge in [0.05, 0.1) is 22.6 Å². The average molecular weight is 357 g/mol. The number of para-hydroxylation sites is 2. The topological polar surface area (TPSA) is 67.0 Å². The maximum atomic E-state index is 10.9. The molecule has 0 fully saturated rings. The van der Waals surface area contributed by atoms with E-state index in [1.54, 1.807) is 0 Å². The highest BCUT2D eigenvalue weighted by atomic mass is 127. The van der Waals surface area contributed by atoms with Crippen LogP contribution in [0.3, 0.4) is 0 Å². The minimum Gasteiger partial charge on any atom is -0.453 e. The largest absolute Gasteiger partial charge is 0.453 e. The molecule has 1 aromatic heterocycles. The molecule has 0 radical (unpaired) electrons. The SMILES string of the molecule is C#CCI.COC(=O)Nc1nc2ccccc2[nH]1. The molecule has 5 nitrogen and oxygen atoms in total. The smallest absolute Gasteiger partial charge is 0.413 e. The molecule has 0 bridgehead atoms. The number of hydrogen-bond donors (Lipinski definition) is 2. The number of nitrogens with zero attached hydrogens (tertiary/aromatic N) is 1. The first-order valence-electron chi connectivity index (χ1n) is 5.00. The molecule has 6 heteroatoms. The fraction of sp³-hybridized carbons (Fsp3) is 0.167. The zero-order chi connectivity index (χ0) is 13.4. The number of fused-ring (bicyclic) bond motifs is 1. The van der Waals surface area contributed by atoms with Crippen molar-refractivity contribution in [2.24, 2.45) is 0 Å². The first-order valence-corrected chi connectivity index (χ1v) is 6.53. The van der Waals surface area contributed by atoms with Gasteiger partial charge in [-0.3, -0.25) is 5.32 Å². The third kappa shape index (κ3) is 4.25. The Morgan fingerprint density at radius 3 is 2.83 bits per heavy atom. The summed E-state index contributed by atoms with van der Waals surface area (Å²) in [6, 6.07) is 7.51. The number of terminal acetylenes is 1. The van der Waals surface area contributed by atoms with Crippen LogP contribution in [0.4, 0.5) is 10.7 Å². The van der Waals surface area contributed by atoms with Gasteiger partial charge in [-0.1, -0.05) is 40.6 Å². The predicted molar refractivity (Wildman–Crippen MR) is 79.8 cm³/mol. The van der Waals surface area contributed by atoms with Gasteiger partial charge in [0.15, 0.2) is 0 Å². The van der Waals surface area contributed by atoms with Crippen molar-refractivity contribution in [2.75, 3.05) is 16.9 Å². The second-order valence-electron chi connectivity index (χ2n) is 3.06. The molecular formula is C12H12IN3O2. The minimum atomic E-state index is -0.538. The Bertz CT molecular complexity index is 527. The van der Waals surface area contributed by atoms with E-state index in [0.29, 0.717) is 5.95 Å². The number of hydrogen-bond acceptors (Lipinski definition) is 3. The number of alkyl halides is 1. The third-order valence-electron chi connectivity index (χ3n) is 1.87.